The first-order chi connectivity index (χ1) is 10.9. The molecule has 23 heavy (non-hydrogen) atoms. The molecule has 1 unspecified atom stereocenters. The lowest BCUT2D eigenvalue weighted by atomic mass is 9.94. The Morgan fingerprint density at radius 2 is 1.91 bits per heavy atom. The summed E-state index contributed by atoms with van der Waals surface area (Å²) in [4.78, 5) is 36.4. The molecule has 0 saturated carbocycles. The zero-order valence-corrected chi connectivity index (χ0v) is 12.7. The van der Waals surface area contributed by atoms with Gasteiger partial charge in [0.05, 0.1) is 12.1 Å². The summed E-state index contributed by atoms with van der Waals surface area (Å²) in [6.07, 6.45) is 1.70. The number of nitrogens with zero attached hydrogens (tertiary/aromatic N) is 1. The summed E-state index contributed by atoms with van der Waals surface area (Å²) in [6, 6.07) is 5.39. The normalized spacial score (nSPS) is 16.3. The lowest BCUT2D eigenvalue weighted by Gasteiger charge is -2.10. The number of aromatic nitrogens is 1. The summed E-state index contributed by atoms with van der Waals surface area (Å²) in [6.45, 7) is 3.21. The zero-order valence-electron chi connectivity index (χ0n) is 12.7. The van der Waals surface area contributed by atoms with E-state index in [0.29, 0.717) is 22.5 Å². The number of hydrogen-bond donors (Lipinski definition) is 1. The van der Waals surface area contributed by atoms with E-state index in [9.17, 15) is 18.8 Å². The quantitative estimate of drug-likeness (QED) is 0.885. The third-order valence-corrected chi connectivity index (χ3v) is 3.97. The number of nitrogens with one attached hydrogen (secondary N) is 1. The van der Waals surface area contributed by atoms with E-state index in [1.165, 1.54) is 31.2 Å². The summed E-state index contributed by atoms with van der Waals surface area (Å²) in [5.74, 6) is -2.18. The first kappa shape index (κ1) is 15.1. The molecule has 0 saturated heterocycles. The van der Waals surface area contributed by atoms with Crippen LogP contribution in [0.3, 0.4) is 0 Å². The molecule has 118 valence electrons. The van der Waals surface area contributed by atoms with Gasteiger partial charge in [-0.2, -0.15) is 0 Å². The molecule has 2 aromatic rings. The van der Waals surface area contributed by atoms with Crippen LogP contribution in [0.2, 0.25) is 0 Å². The maximum Gasteiger partial charge on any atom is 0.257 e. The number of halogens is 1. The number of benzene rings is 1. The van der Waals surface area contributed by atoms with Crippen LogP contribution in [0.25, 0.3) is 0 Å². The second-order valence-corrected chi connectivity index (χ2v) is 5.67. The third kappa shape index (κ3) is 2.56. The smallest absolute Gasteiger partial charge is 0.257 e. The minimum atomic E-state index is -0.891. The van der Waals surface area contributed by atoms with Crippen LogP contribution in [0.15, 0.2) is 30.5 Å². The molecule has 1 atom stereocenters. The van der Waals surface area contributed by atoms with Crippen LogP contribution in [0.5, 0.6) is 0 Å². The molecule has 3 rings (SSSR count). The number of carbonyl (C=O) groups is 3. The number of aryl methyl sites for hydroxylation is 1. The number of rotatable bonds is 3. The van der Waals surface area contributed by atoms with Crippen LogP contribution < -0.4 is 5.32 Å². The molecule has 6 heteroatoms. The number of fused-ring (bicyclic) bond motifs is 1. The Kier molecular flexibility index (Phi) is 3.60. The molecule has 1 aliphatic heterocycles. The summed E-state index contributed by atoms with van der Waals surface area (Å²) in [5.41, 5.74) is 1.91. The summed E-state index contributed by atoms with van der Waals surface area (Å²) < 4.78 is 14.6. The van der Waals surface area contributed by atoms with E-state index in [-0.39, 0.29) is 18.1 Å². The van der Waals surface area contributed by atoms with Gasteiger partial charge in [-0.05, 0) is 43.7 Å². The van der Waals surface area contributed by atoms with Crippen LogP contribution in [0.1, 0.15) is 34.5 Å². The molecular weight excluding hydrogens is 299 g/mol. The highest BCUT2D eigenvalue weighted by Gasteiger charge is 2.39. The molecular formula is C17H15FN2O3. The molecule has 0 aliphatic carbocycles. The number of amides is 1. The second kappa shape index (κ2) is 5.46. The first-order valence-corrected chi connectivity index (χ1v) is 7.18. The highest BCUT2D eigenvalue weighted by atomic mass is 19.1. The Morgan fingerprint density at radius 1 is 1.26 bits per heavy atom. The lowest BCUT2D eigenvalue weighted by molar-refractivity contribution is -0.127. The molecule has 5 nitrogen and oxygen atoms in total. The van der Waals surface area contributed by atoms with Crippen molar-refractivity contribution in [1.82, 2.24) is 4.57 Å². The van der Waals surface area contributed by atoms with Crippen LogP contribution in [-0.2, 0) is 16.1 Å². The van der Waals surface area contributed by atoms with Crippen molar-refractivity contribution in [3.8, 4) is 0 Å². The van der Waals surface area contributed by atoms with Crippen molar-refractivity contribution >= 4 is 23.2 Å². The Morgan fingerprint density at radius 3 is 2.52 bits per heavy atom. The van der Waals surface area contributed by atoms with Crippen LogP contribution in [-0.4, -0.2) is 22.0 Å². The molecule has 1 aliphatic rings. The average molecular weight is 314 g/mol. The summed E-state index contributed by atoms with van der Waals surface area (Å²) in [5, 5.41) is 2.67. The van der Waals surface area contributed by atoms with Crippen LogP contribution in [0.4, 0.5) is 10.1 Å². The number of Topliss-reactive ketones (excluding diaryl/α,β-unsaturated/α-hetero) is 2. The van der Waals surface area contributed by atoms with E-state index in [4.69, 9.17) is 0 Å². The maximum absolute atomic E-state index is 12.9. The monoisotopic (exact) mass is 314 g/mol. The molecule has 0 spiro atoms. The Hall–Kier alpha value is -2.76. The van der Waals surface area contributed by atoms with E-state index < -0.39 is 17.6 Å². The van der Waals surface area contributed by atoms with E-state index >= 15 is 0 Å². The summed E-state index contributed by atoms with van der Waals surface area (Å²) in [7, 11) is 0. The van der Waals surface area contributed by atoms with Gasteiger partial charge < -0.3 is 9.88 Å². The van der Waals surface area contributed by atoms with Crippen LogP contribution >= 0.6 is 0 Å². The molecule has 1 aromatic heterocycles. The molecule has 1 amide bonds. The first-order valence-electron chi connectivity index (χ1n) is 7.18. The van der Waals surface area contributed by atoms with Gasteiger partial charge in [-0.3, -0.25) is 14.4 Å². The molecule has 1 aromatic carbocycles. The second-order valence-electron chi connectivity index (χ2n) is 5.67. The highest BCUT2D eigenvalue weighted by molar-refractivity contribution is 6.13. The van der Waals surface area contributed by atoms with Crippen LogP contribution in [0, 0.1) is 12.7 Å². The standard InChI is InChI=1S/C17H15FN2O3/c1-9-7-20-8-13(22)15(10(2)21)16(20)14(9)17(23)19-12-5-3-11(18)4-6-12/h3-7,15H,8H2,1-2H3,(H,19,23). The fraction of sp³-hybridized carbons (Fsp3) is 0.235. The van der Waals surface area contributed by atoms with Gasteiger partial charge in [0.15, 0.2) is 5.78 Å². The third-order valence-electron chi connectivity index (χ3n) is 3.97. The van der Waals surface area contributed by atoms with E-state index in [1.807, 2.05) is 0 Å². The molecule has 1 N–H and O–H groups in total. The van der Waals surface area contributed by atoms with Crippen molar-refractivity contribution in [3.05, 3.63) is 53.1 Å². The van der Waals surface area contributed by atoms with Gasteiger partial charge in [-0.15, -0.1) is 0 Å². The number of carbonyl (C=O) groups excluding carboxylic acids is 3. The van der Waals surface area contributed by atoms with E-state index in [1.54, 1.807) is 17.7 Å². The predicted molar refractivity (Wildman–Crippen MR) is 82.0 cm³/mol. The van der Waals surface area contributed by atoms with Crippen molar-refractivity contribution in [2.75, 3.05) is 5.32 Å². The van der Waals surface area contributed by atoms with Gasteiger partial charge in [0, 0.05) is 17.6 Å². The largest absolute Gasteiger partial charge is 0.342 e. The van der Waals surface area contributed by atoms with Gasteiger partial charge in [0.25, 0.3) is 5.91 Å². The topological polar surface area (TPSA) is 68.2 Å². The van der Waals surface area contributed by atoms with Gasteiger partial charge in [-0.25, -0.2) is 4.39 Å². The van der Waals surface area contributed by atoms with Gasteiger partial charge >= 0.3 is 0 Å². The van der Waals surface area contributed by atoms with Crippen molar-refractivity contribution in [2.45, 2.75) is 26.3 Å². The van der Waals surface area contributed by atoms with Crippen molar-refractivity contribution in [3.63, 3.8) is 0 Å². The Labute approximate surface area is 132 Å². The van der Waals surface area contributed by atoms with Crippen molar-refractivity contribution in [2.24, 2.45) is 0 Å². The highest BCUT2D eigenvalue weighted by Crippen LogP contribution is 2.33. The lowest BCUT2D eigenvalue weighted by Crippen LogP contribution is -2.20. The Balaban J connectivity index is 1.97. The molecule has 0 radical (unpaired) electrons. The predicted octanol–water partition coefficient (Wildman–Crippen LogP) is 2.44. The van der Waals surface area contributed by atoms with Crippen molar-refractivity contribution in [1.29, 1.82) is 0 Å². The minimum Gasteiger partial charge on any atom is -0.342 e. The van der Waals surface area contributed by atoms with E-state index in [0.717, 1.165) is 0 Å². The fourth-order valence-corrected chi connectivity index (χ4v) is 3.01. The SMILES string of the molecule is CC(=O)C1C(=O)Cn2cc(C)c(C(=O)Nc3ccc(F)cc3)c21. The summed E-state index contributed by atoms with van der Waals surface area (Å²) >= 11 is 0. The maximum atomic E-state index is 12.9. The number of hydrogen-bond acceptors (Lipinski definition) is 3. The molecule has 0 bridgehead atoms. The number of anilines is 1. The molecule has 0 fully saturated rings. The van der Waals surface area contributed by atoms with Gasteiger partial charge in [0.2, 0.25) is 0 Å². The number of ketones is 2. The van der Waals surface area contributed by atoms with Gasteiger partial charge in [0.1, 0.15) is 17.5 Å². The minimum absolute atomic E-state index is 0.101. The van der Waals surface area contributed by atoms with Crippen molar-refractivity contribution < 1.29 is 18.8 Å². The van der Waals surface area contributed by atoms with E-state index in [2.05, 4.69) is 5.32 Å². The fourth-order valence-electron chi connectivity index (χ4n) is 3.01. The average Bonchev–Trinajstić information content (AvgIpc) is 2.93. The van der Waals surface area contributed by atoms with Gasteiger partial charge in [-0.1, -0.05) is 0 Å². The Bertz CT molecular complexity index is 821. The zero-order chi connectivity index (χ0) is 16.7. The molecule has 2 heterocycles.